The number of carbonyl (C=O) groups excluding carboxylic acids is 2. The Morgan fingerprint density at radius 2 is 2.00 bits per heavy atom. The van der Waals surface area contributed by atoms with Crippen molar-refractivity contribution in [3.05, 3.63) is 0 Å². The van der Waals surface area contributed by atoms with Gasteiger partial charge in [-0.3, -0.25) is 9.69 Å². The Balaban J connectivity index is 2.35. The Labute approximate surface area is 109 Å². The summed E-state index contributed by atoms with van der Waals surface area (Å²) in [6.07, 6.45) is 1.05. The van der Waals surface area contributed by atoms with E-state index in [-0.39, 0.29) is 11.9 Å². The highest BCUT2D eigenvalue weighted by atomic mass is 16.2. The van der Waals surface area contributed by atoms with Crippen molar-refractivity contribution in [3.63, 3.8) is 0 Å². The molecule has 0 aromatic carbocycles. The Hall–Kier alpha value is -1.14. The fraction of sp³-hybridized carbons (Fsp3) is 0.833. The summed E-state index contributed by atoms with van der Waals surface area (Å²) in [5, 5.41) is 5.77. The van der Waals surface area contributed by atoms with Crippen LogP contribution in [0.25, 0.3) is 0 Å². The minimum atomic E-state index is -0.762. The SMILES string of the molecule is CNCCCN(C)CCN1C(=O)NC(C)(C)C1=O. The summed E-state index contributed by atoms with van der Waals surface area (Å²) in [5.41, 5.74) is -0.762. The molecule has 18 heavy (non-hydrogen) atoms. The predicted octanol–water partition coefficient (Wildman–Crippen LogP) is -0.142. The van der Waals surface area contributed by atoms with Gasteiger partial charge in [-0.15, -0.1) is 0 Å². The molecule has 0 unspecified atom stereocenters. The van der Waals surface area contributed by atoms with Gasteiger partial charge in [-0.25, -0.2) is 4.79 Å². The third-order valence-corrected chi connectivity index (χ3v) is 3.12. The third kappa shape index (κ3) is 3.68. The summed E-state index contributed by atoms with van der Waals surface area (Å²) < 4.78 is 0. The van der Waals surface area contributed by atoms with Crippen LogP contribution in [0.2, 0.25) is 0 Å². The van der Waals surface area contributed by atoms with Crippen molar-refractivity contribution in [2.24, 2.45) is 0 Å². The number of amides is 3. The Bertz CT molecular complexity index is 317. The molecule has 1 heterocycles. The molecule has 1 rings (SSSR count). The molecule has 0 aromatic rings. The van der Waals surface area contributed by atoms with Crippen LogP contribution in [0.5, 0.6) is 0 Å². The molecular weight excluding hydrogens is 232 g/mol. The van der Waals surface area contributed by atoms with Crippen molar-refractivity contribution < 1.29 is 9.59 Å². The van der Waals surface area contributed by atoms with Crippen LogP contribution in [-0.2, 0) is 4.79 Å². The van der Waals surface area contributed by atoms with E-state index in [0.29, 0.717) is 13.1 Å². The fourth-order valence-electron chi connectivity index (χ4n) is 1.93. The van der Waals surface area contributed by atoms with Gasteiger partial charge in [0.1, 0.15) is 5.54 Å². The highest BCUT2D eigenvalue weighted by Gasteiger charge is 2.43. The second-order valence-electron chi connectivity index (χ2n) is 5.27. The lowest BCUT2D eigenvalue weighted by Crippen LogP contribution is -2.41. The summed E-state index contributed by atoms with van der Waals surface area (Å²) in [6, 6.07) is -0.284. The maximum absolute atomic E-state index is 11.9. The lowest BCUT2D eigenvalue weighted by molar-refractivity contribution is -0.130. The minimum absolute atomic E-state index is 0.142. The van der Waals surface area contributed by atoms with Gasteiger partial charge in [0.15, 0.2) is 0 Å². The van der Waals surface area contributed by atoms with Gasteiger partial charge in [-0.2, -0.15) is 0 Å². The Kier molecular flexibility index (Phi) is 5.10. The molecule has 1 fully saturated rings. The quantitative estimate of drug-likeness (QED) is 0.491. The Morgan fingerprint density at radius 3 is 2.50 bits per heavy atom. The van der Waals surface area contributed by atoms with Crippen molar-refractivity contribution in [2.75, 3.05) is 40.3 Å². The molecule has 0 spiro atoms. The van der Waals surface area contributed by atoms with E-state index in [1.165, 1.54) is 4.90 Å². The molecule has 0 bridgehead atoms. The largest absolute Gasteiger partial charge is 0.325 e. The van der Waals surface area contributed by atoms with Crippen molar-refractivity contribution in [1.82, 2.24) is 20.4 Å². The van der Waals surface area contributed by atoms with Crippen LogP contribution < -0.4 is 10.6 Å². The molecule has 1 aliphatic rings. The summed E-state index contributed by atoms with van der Waals surface area (Å²) in [7, 11) is 3.93. The third-order valence-electron chi connectivity index (χ3n) is 3.12. The molecule has 6 heteroatoms. The number of hydrogen-bond acceptors (Lipinski definition) is 4. The first-order valence-corrected chi connectivity index (χ1v) is 6.35. The number of hydrogen-bond donors (Lipinski definition) is 2. The van der Waals surface area contributed by atoms with Crippen molar-refractivity contribution >= 4 is 11.9 Å². The van der Waals surface area contributed by atoms with E-state index in [0.717, 1.165) is 19.5 Å². The maximum atomic E-state index is 11.9. The summed E-state index contributed by atoms with van der Waals surface area (Å²) in [5.74, 6) is -0.142. The predicted molar refractivity (Wildman–Crippen MR) is 70.4 cm³/mol. The first kappa shape index (κ1) is 14.9. The average Bonchev–Trinajstić information content (AvgIpc) is 2.47. The smallest absolute Gasteiger partial charge is 0.324 e. The van der Waals surface area contributed by atoms with E-state index in [1.807, 2.05) is 14.1 Å². The highest BCUT2D eigenvalue weighted by molar-refractivity contribution is 6.06. The number of nitrogens with zero attached hydrogens (tertiary/aromatic N) is 2. The lowest BCUT2D eigenvalue weighted by Gasteiger charge is -2.20. The number of imide groups is 1. The van der Waals surface area contributed by atoms with Gasteiger partial charge in [0.25, 0.3) is 5.91 Å². The molecule has 0 saturated carbocycles. The van der Waals surface area contributed by atoms with Gasteiger partial charge in [0, 0.05) is 13.1 Å². The first-order valence-electron chi connectivity index (χ1n) is 6.35. The maximum Gasteiger partial charge on any atom is 0.325 e. The minimum Gasteiger partial charge on any atom is -0.324 e. The number of urea groups is 1. The van der Waals surface area contributed by atoms with Gasteiger partial charge in [-0.1, -0.05) is 0 Å². The summed E-state index contributed by atoms with van der Waals surface area (Å²) in [4.78, 5) is 27.0. The van der Waals surface area contributed by atoms with E-state index in [2.05, 4.69) is 15.5 Å². The molecular formula is C12H24N4O2. The molecule has 104 valence electrons. The molecule has 0 atom stereocenters. The van der Waals surface area contributed by atoms with Crippen LogP contribution in [0, 0.1) is 0 Å². The topological polar surface area (TPSA) is 64.7 Å². The van der Waals surface area contributed by atoms with Crippen LogP contribution in [0.4, 0.5) is 4.79 Å². The first-order chi connectivity index (χ1) is 8.38. The van der Waals surface area contributed by atoms with E-state index in [1.54, 1.807) is 13.8 Å². The highest BCUT2D eigenvalue weighted by Crippen LogP contribution is 2.15. The zero-order valence-corrected chi connectivity index (χ0v) is 11.7. The van der Waals surface area contributed by atoms with E-state index < -0.39 is 5.54 Å². The van der Waals surface area contributed by atoms with Gasteiger partial charge >= 0.3 is 6.03 Å². The van der Waals surface area contributed by atoms with Crippen LogP contribution in [0.15, 0.2) is 0 Å². The van der Waals surface area contributed by atoms with Gasteiger partial charge < -0.3 is 15.5 Å². The number of nitrogens with one attached hydrogen (secondary N) is 2. The van der Waals surface area contributed by atoms with Crippen molar-refractivity contribution in [2.45, 2.75) is 25.8 Å². The molecule has 0 radical (unpaired) electrons. The number of rotatable bonds is 7. The molecule has 0 aliphatic carbocycles. The second kappa shape index (κ2) is 6.15. The van der Waals surface area contributed by atoms with Crippen LogP contribution in [0.3, 0.4) is 0 Å². The zero-order chi connectivity index (χ0) is 13.8. The van der Waals surface area contributed by atoms with Crippen LogP contribution in [0.1, 0.15) is 20.3 Å². The standard InChI is InChI=1S/C12H24N4O2/c1-12(2)10(17)16(11(18)14-12)9-8-15(4)7-5-6-13-3/h13H,5-9H2,1-4H3,(H,14,18). The van der Waals surface area contributed by atoms with Gasteiger partial charge in [0.05, 0.1) is 0 Å². The van der Waals surface area contributed by atoms with E-state index >= 15 is 0 Å². The van der Waals surface area contributed by atoms with Crippen LogP contribution >= 0.6 is 0 Å². The van der Waals surface area contributed by atoms with E-state index in [9.17, 15) is 9.59 Å². The van der Waals surface area contributed by atoms with Crippen LogP contribution in [-0.4, -0.2) is 67.6 Å². The second-order valence-corrected chi connectivity index (χ2v) is 5.27. The number of carbonyl (C=O) groups is 2. The Morgan fingerprint density at radius 1 is 1.33 bits per heavy atom. The molecule has 1 saturated heterocycles. The van der Waals surface area contributed by atoms with Gasteiger partial charge in [-0.05, 0) is 47.5 Å². The summed E-state index contributed by atoms with van der Waals surface area (Å²) in [6.45, 7) is 6.53. The molecule has 0 aromatic heterocycles. The zero-order valence-electron chi connectivity index (χ0n) is 11.7. The number of likely N-dealkylation sites (N-methyl/N-ethyl adjacent to an activating group) is 1. The molecule has 2 N–H and O–H groups in total. The fourth-order valence-corrected chi connectivity index (χ4v) is 1.93. The average molecular weight is 256 g/mol. The van der Waals surface area contributed by atoms with Gasteiger partial charge in [0.2, 0.25) is 0 Å². The molecule has 3 amide bonds. The summed E-state index contributed by atoms with van der Waals surface area (Å²) >= 11 is 0. The molecule has 1 aliphatic heterocycles. The van der Waals surface area contributed by atoms with E-state index in [4.69, 9.17) is 0 Å². The van der Waals surface area contributed by atoms with Crippen molar-refractivity contribution in [1.29, 1.82) is 0 Å². The molecule has 6 nitrogen and oxygen atoms in total. The van der Waals surface area contributed by atoms with Crippen molar-refractivity contribution in [3.8, 4) is 0 Å². The monoisotopic (exact) mass is 256 g/mol. The normalized spacial score (nSPS) is 18.6. The lowest BCUT2D eigenvalue weighted by atomic mass is 10.1.